The van der Waals surface area contributed by atoms with Crippen LogP contribution in [0.1, 0.15) is 29.7 Å². The predicted octanol–water partition coefficient (Wildman–Crippen LogP) is 2.02. The number of nitrogens with zero attached hydrogens (tertiary/aromatic N) is 1. The number of morpholine rings is 1. The predicted molar refractivity (Wildman–Crippen MR) is 74.7 cm³/mol. The summed E-state index contributed by atoms with van der Waals surface area (Å²) in [6.07, 6.45) is 0. The van der Waals surface area contributed by atoms with E-state index >= 15 is 0 Å². The molecule has 1 fully saturated rings. The molecule has 0 amide bonds. The van der Waals surface area contributed by atoms with Crippen molar-refractivity contribution in [2.24, 2.45) is 5.73 Å². The molecule has 0 radical (unpaired) electrons. The Bertz CT molecular complexity index is 405. The summed E-state index contributed by atoms with van der Waals surface area (Å²) in [6, 6.07) is 7.07. The summed E-state index contributed by atoms with van der Waals surface area (Å²) < 4.78 is 5.46. The maximum atomic E-state index is 6.36. The molecule has 2 atom stereocenters. The first kappa shape index (κ1) is 13.5. The van der Waals surface area contributed by atoms with Crippen LogP contribution in [0.5, 0.6) is 0 Å². The second kappa shape index (κ2) is 5.83. The molecule has 0 bridgehead atoms. The van der Waals surface area contributed by atoms with Crippen LogP contribution >= 0.6 is 0 Å². The molecule has 1 aromatic carbocycles. The van der Waals surface area contributed by atoms with E-state index < -0.39 is 0 Å². The van der Waals surface area contributed by atoms with Gasteiger partial charge in [-0.05, 0) is 31.9 Å². The van der Waals surface area contributed by atoms with Crippen LogP contribution in [0.3, 0.4) is 0 Å². The third-order valence-corrected chi connectivity index (χ3v) is 3.76. The normalized spacial score (nSPS) is 23.0. The van der Waals surface area contributed by atoms with Gasteiger partial charge in [-0.1, -0.05) is 23.8 Å². The quantitative estimate of drug-likeness (QED) is 0.889. The summed E-state index contributed by atoms with van der Waals surface area (Å²) in [4.78, 5) is 2.42. The Morgan fingerprint density at radius 1 is 1.44 bits per heavy atom. The van der Waals surface area contributed by atoms with Crippen molar-refractivity contribution in [3.05, 3.63) is 34.9 Å². The van der Waals surface area contributed by atoms with Crippen LogP contribution in [-0.2, 0) is 4.74 Å². The van der Waals surface area contributed by atoms with Crippen LogP contribution in [0.25, 0.3) is 0 Å². The molecule has 2 N–H and O–H groups in total. The van der Waals surface area contributed by atoms with E-state index in [4.69, 9.17) is 10.5 Å². The van der Waals surface area contributed by atoms with Crippen molar-refractivity contribution in [2.75, 3.05) is 26.3 Å². The van der Waals surface area contributed by atoms with Gasteiger partial charge < -0.3 is 10.5 Å². The standard InChI is InChI=1S/C15H24N2O/c1-11-4-5-14(12(2)8-11)15(16)9-17-6-7-18-10-13(17)3/h4-5,8,13,15H,6-7,9-10,16H2,1-3H3. The van der Waals surface area contributed by atoms with E-state index in [1.807, 2.05) is 0 Å². The smallest absolute Gasteiger partial charge is 0.0619 e. The van der Waals surface area contributed by atoms with Gasteiger partial charge in [-0.2, -0.15) is 0 Å². The first-order chi connectivity index (χ1) is 8.58. The van der Waals surface area contributed by atoms with Gasteiger partial charge in [0, 0.05) is 25.2 Å². The first-order valence-electron chi connectivity index (χ1n) is 6.72. The average Bonchev–Trinajstić information content (AvgIpc) is 2.32. The molecule has 100 valence electrons. The van der Waals surface area contributed by atoms with Crippen LogP contribution in [-0.4, -0.2) is 37.2 Å². The minimum atomic E-state index is 0.0890. The lowest BCUT2D eigenvalue weighted by molar-refractivity contribution is -0.00282. The lowest BCUT2D eigenvalue weighted by atomic mass is 9.99. The minimum absolute atomic E-state index is 0.0890. The van der Waals surface area contributed by atoms with Gasteiger partial charge in [-0.15, -0.1) is 0 Å². The van der Waals surface area contributed by atoms with E-state index in [0.29, 0.717) is 6.04 Å². The molecule has 2 rings (SSSR count). The Balaban J connectivity index is 2.04. The maximum Gasteiger partial charge on any atom is 0.0619 e. The molecule has 0 aliphatic carbocycles. The summed E-state index contributed by atoms with van der Waals surface area (Å²) in [6.45, 7) is 10.0. The number of hydrogen-bond acceptors (Lipinski definition) is 3. The van der Waals surface area contributed by atoms with Crippen molar-refractivity contribution >= 4 is 0 Å². The molecule has 1 aromatic rings. The zero-order valence-electron chi connectivity index (χ0n) is 11.6. The molecule has 0 aromatic heterocycles. The van der Waals surface area contributed by atoms with E-state index in [0.717, 1.165) is 26.3 Å². The second-order valence-corrected chi connectivity index (χ2v) is 5.39. The average molecular weight is 248 g/mol. The number of nitrogens with two attached hydrogens (primary N) is 1. The fourth-order valence-corrected chi connectivity index (χ4v) is 2.63. The van der Waals surface area contributed by atoms with Crippen molar-refractivity contribution in [3.63, 3.8) is 0 Å². The van der Waals surface area contributed by atoms with E-state index in [9.17, 15) is 0 Å². The van der Waals surface area contributed by atoms with Gasteiger partial charge >= 0.3 is 0 Å². The lowest BCUT2D eigenvalue weighted by Gasteiger charge is -2.35. The van der Waals surface area contributed by atoms with Crippen LogP contribution in [0, 0.1) is 13.8 Å². The number of benzene rings is 1. The fourth-order valence-electron chi connectivity index (χ4n) is 2.63. The number of aryl methyl sites for hydroxylation is 2. The molecule has 0 saturated carbocycles. The van der Waals surface area contributed by atoms with Gasteiger partial charge in [0.2, 0.25) is 0 Å². The second-order valence-electron chi connectivity index (χ2n) is 5.39. The summed E-state index contributed by atoms with van der Waals surface area (Å²) in [5.41, 5.74) is 10.2. The van der Waals surface area contributed by atoms with Crippen molar-refractivity contribution in [1.29, 1.82) is 0 Å². The largest absolute Gasteiger partial charge is 0.379 e. The highest BCUT2D eigenvalue weighted by Gasteiger charge is 2.21. The molecule has 1 saturated heterocycles. The SMILES string of the molecule is Cc1ccc(C(N)CN2CCOCC2C)c(C)c1. The molecule has 3 nitrogen and oxygen atoms in total. The number of ether oxygens (including phenoxy) is 1. The molecular weight excluding hydrogens is 224 g/mol. The molecule has 1 aliphatic rings. The van der Waals surface area contributed by atoms with E-state index in [-0.39, 0.29) is 6.04 Å². The zero-order valence-corrected chi connectivity index (χ0v) is 11.6. The highest BCUT2D eigenvalue weighted by Crippen LogP contribution is 2.19. The third kappa shape index (κ3) is 3.10. The molecule has 18 heavy (non-hydrogen) atoms. The summed E-state index contributed by atoms with van der Waals surface area (Å²) in [5, 5.41) is 0. The van der Waals surface area contributed by atoms with Gasteiger partial charge in [-0.3, -0.25) is 4.90 Å². The minimum Gasteiger partial charge on any atom is -0.379 e. The zero-order chi connectivity index (χ0) is 13.1. The Morgan fingerprint density at radius 2 is 2.22 bits per heavy atom. The monoisotopic (exact) mass is 248 g/mol. The van der Waals surface area contributed by atoms with Gasteiger partial charge in [0.25, 0.3) is 0 Å². The Hall–Kier alpha value is -0.900. The Labute approximate surface area is 110 Å². The highest BCUT2D eigenvalue weighted by molar-refractivity contribution is 5.32. The van der Waals surface area contributed by atoms with E-state index in [2.05, 4.69) is 43.9 Å². The molecule has 1 aliphatic heterocycles. The summed E-state index contributed by atoms with van der Waals surface area (Å²) in [7, 11) is 0. The van der Waals surface area contributed by atoms with Gasteiger partial charge in [0.05, 0.1) is 13.2 Å². The molecule has 0 spiro atoms. The maximum absolute atomic E-state index is 6.36. The number of rotatable bonds is 3. The number of hydrogen-bond donors (Lipinski definition) is 1. The Kier molecular flexibility index (Phi) is 4.38. The summed E-state index contributed by atoms with van der Waals surface area (Å²) in [5.74, 6) is 0. The van der Waals surface area contributed by atoms with Gasteiger partial charge in [0.15, 0.2) is 0 Å². The molecular formula is C15H24N2O. The van der Waals surface area contributed by atoms with Crippen molar-refractivity contribution < 1.29 is 4.74 Å². The molecule has 1 heterocycles. The summed E-state index contributed by atoms with van der Waals surface area (Å²) >= 11 is 0. The lowest BCUT2D eigenvalue weighted by Crippen LogP contribution is -2.46. The van der Waals surface area contributed by atoms with Crippen LogP contribution in [0.2, 0.25) is 0 Å². The third-order valence-electron chi connectivity index (χ3n) is 3.76. The van der Waals surface area contributed by atoms with Crippen molar-refractivity contribution in [2.45, 2.75) is 32.9 Å². The van der Waals surface area contributed by atoms with Crippen LogP contribution < -0.4 is 5.73 Å². The first-order valence-corrected chi connectivity index (χ1v) is 6.72. The van der Waals surface area contributed by atoms with E-state index in [1.165, 1.54) is 16.7 Å². The van der Waals surface area contributed by atoms with E-state index in [1.54, 1.807) is 0 Å². The molecule has 2 unspecified atom stereocenters. The Morgan fingerprint density at radius 3 is 2.89 bits per heavy atom. The van der Waals surface area contributed by atoms with Crippen LogP contribution in [0.4, 0.5) is 0 Å². The van der Waals surface area contributed by atoms with Crippen molar-refractivity contribution in [3.8, 4) is 0 Å². The fraction of sp³-hybridized carbons (Fsp3) is 0.600. The van der Waals surface area contributed by atoms with Crippen molar-refractivity contribution in [1.82, 2.24) is 4.90 Å². The molecule has 3 heteroatoms. The van der Waals surface area contributed by atoms with Gasteiger partial charge in [0.1, 0.15) is 0 Å². The van der Waals surface area contributed by atoms with Crippen LogP contribution in [0.15, 0.2) is 18.2 Å². The topological polar surface area (TPSA) is 38.5 Å². The highest BCUT2D eigenvalue weighted by atomic mass is 16.5. The van der Waals surface area contributed by atoms with Gasteiger partial charge in [-0.25, -0.2) is 0 Å².